The number of Topliss-reactive ketones (excluding diaryl/α,β-unsaturated/α-hetero) is 1. The van der Waals surface area contributed by atoms with E-state index in [1.807, 2.05) is 0 Å². The lowest BCUT2D eigenvalue weighted by Gasteiger charge is -2.09. The number of benzene rings is 1. The Morgan fingerprint density at radius 2 is 2.00 bits per heavy atom. The summed E-state index contributed by atoms with van der Waals surface area (Å²) in [4.78, 5) is 21.8. The van der Waals surface area contributed by atoms with E-state index in [0.717, 1.165) is 0 Å². The SMILES string of the molecule is CC(=O)C(Cl)c1cc(O)ccc1C(=O)O. The van der Waals surface area contributed by atoms with E-state index in [9.17, 15) is 14.7 Å². The molecule has 0 saturated carbocycles. The van der Waals surface area contributed by atoms with E-state index in [2.05, 4.69) is 0 Å². The monoisotopic (exact) mass is 228 g/mol. The lowest BCUT2D eigenvalue weighted by molar-refractivity contribution is -0.116. The molecule has 4 nitrogen and oxygen atoms in total. The van der Waals surface area contributed by atoms with E-state index in [4.69, 9.17) is 16.7 Å². The molecule has 0 aromatic heterocycles. The van der Waals surface area contributed by atoms with Crippen LogP contribution < -0.4 is 0 Å². The van der Waals surface area contributed by atoms with Gasteiger partial charge in [-0.15, -0.1) is 11.6 Å². The van der Waals surface area contributed by atoms with Crippen LogP contribution in [0.2, 0.25) is 0 Å². The largest absolute Gasteiger partial charge is 0.508 e. The molecule has 0 aliphatic heterocycles. The number of carbonyl (C=O) groups excluding carboxylic acids is 1. The quantitative estimate of drug-likeness (QED) is 0.776. The summed E-state index contributed by atoms with van der Waals surface area (Å²) < 4.78 is 0. The second-order valence-electron chi connectivity index (χ2n) is 3.05. The van der Waals surface area contributed by atoms with Crippen molar-refractivity contribution in [2.75, 3.05) is 0 Å². The maximum atomic E-state index is 11.0. The number of alkyl halides is 1. The van der Waals surface area contributed by atoms with Crippen molar-refractivity contribution in [3.8, 4) is 5.75 Å². The summed E-state index contributed by atoms with van der Waals surface area (Å²) in [6, 6.07) is 3.63. The molecule has 1 unspecified atom stereocenters. The highest BCUT2D eigenvalue weighted by molar-refractivity contribution is 6.31. The Kier molecular flexibility index (Phi) is 3.31. The van der Waals surface area contributed by atoms with Crippen molar-refractivity contribution in [2.24, 2.45) is 0 Å². The molecule has 0 aliphatic rings. The molecule has 0 spiro atoms. The van der Waals surface area contributed by atoms with Crippen LogP contribution in [-0.4, -0.2) is 22.0 Å². The predicted molar refractivity (Wildman–Crippen MR) is 54.3 cm³/mol. The zero-order chi connectivity index (χ0) is 11.6. The standard InChI is InChI=1S/C10H9ClO4/c1-5(12)9(11)8-4-6(13)2-3-7(8)10(14)15/h2-4,9,13H,1H3,(H,14,15). The maximum Gasteiger partial charge on any atom is 0.336 e. The number of phenols is 1. The van der Waals surface area contributed by atoms with Crippen molar-refractivity contribution in [3.63, 3.8) is 0 Å². The first kappa shape index (κ1) is 11.5. The van der Waals surface area contributed by atoms with Gasteiger partial charge in [0, 0.05) is 0 Å². The summed E-state index contributed by atoms with van der Waals surface area (Å²) in [5.74, 6) is -1.68. The molecular weight excluding hydrogens is 220 g/mol. The Bertz CT molecular complexity index is 414. The van der Waals surface area contributed by atoms with Crippen LogP contribution in [0.4, 0.5) is 0 Å². The Morgan fingerprint density at radius 3 is 2.47 bits per heavy atom. The normalized spacial score (nSPS) is 12.1. The Hall–Kier alpha value is -1.55. The third-order valence-corrected chi connectivity index (χ3v) is 2.44. The van der Waals surface area contributed by atoms with Gasteiger partial charge in [0.25, 0.3) is 0 Å². The van der Waals surface area contributed by atoms with E-state index in [1.165, 1.54) is 25.1 Å². The summed E-state index contributed by atoms with van der Waals surface area (Å²) in [7, 11) is 0. The second kappa shape index (κ2) is 4.31. The van der Waals surface area contributed by atoms with Crippen LogP contribution in [0.5, 0.6) is 5.75 Å². The molecule has 0 amide bonds. The van der Waals surface area contributed by atoms with Crippen molar-refractivity contribution in [3.05, 3.63) is 29.3 Å². The van der Waals surface area contributed by atoms with E-state index < -0.39 is 11.3 Å². The molecule has 0 fully saturated rings. The van der Waals surface area contributed by atoms with Crippen molar-refractivity contribution < 1.29 is 19.8 Å². The lowest BCUT2D eigenvalue weighted by Crippen LogP contribution is -2.08. The second-order valence-corrected chi connectivity index (χ2v) is 3.49. The first-order valence-electron chi connectivity index (χ1n) is 4.14. The molecule has 0 saturated heterocycles. The van der Waals surface area contributed by atoms with Crippen molar-refractivity contribution in [1.82, 2.24) is 0 Å². The molecule has 1 atom stereocenters. The van der Waals surface area contributed by atoms with Gasteiger partial charge in [-0.05, 0) is 30.7 Å². The van der Waals surface area contributed by atoms with Gasteiger partial charge >= 0.3 is 5.97 Å². The minimum Gasteiger partial charge on any atom is -0.508 e. The van der Waals surface area contributed by atoms with Crippen LogP contribution in [-0.2, 0) is 4.79 Å². The van der Waals surface area contributed by atoms with Gasteiger partial charge < -0.3 is 10.2 Å². The topological polar surface area (TPSA) is 74.6 Å². The zero-order valence-electron chi connectivity index (χ0n) is 7.90. The molecule has 80 valence electrons. The van der Waals surface area contributed by atoms with Crippen LogP contribution in [0.3, 0.4) is 0 Å². The van der Waals surface area contributed by atoms with E-state index in [-0.39, 0.29) is 22.7 Å². The fraction of sp³-hybridized carbons (Fsp3) is 0.200. The van der Waals surface area contributed by atoms with Gasteiger partial charge in [-0.1, -0.05) is 0 Å². The van der Waals surface area contributed by atoms with Gasteiger partial charge in [-0.2, -0.15) is 0 Å². The van der Waals surface area contributed by atoms with Crippen LogP contribution in [0.15, 0.2) is 18.2 Å². The highest BCUT2D eigenvalue weighted by atomic mass is 35.5. The van der Waals surface area contributed by atoms with Crippen LogP contribution in [0.25, 0.3) is 0 Å². The third-order valence-electron chi connectivity index (χ3n) is 1.90. The van der Waals surface area contributed by atoms with Gasteiger partial charge in [0.1, 0.15) is 11.1 Å². The number of carboxylic acids is 1. The molecule has 15 heavy (non-hydrogen) atoms. The molecule has 1 aromatic rings. The molecule has 0 heterocycles. The summed E-state index contributed by atoms with van der Waals surface area (Å²) in [5.41, 5.74) is 0.0275. The Labute approximate surface area is 91.1 Å². The van der Waals surface area contributed by atoms with Crippen molar-refractivity contribution >= 4 is 23.4 Å². The molecule has 1 aromatic carbocycles. The first-order chi connectivity index (χ1) is 6.93. The number of hydrogen-bond donors (Lipinski definition) is 2. The lowest BCUT2D eigenvalue weighted by atomic mass is 10.0. The number of carboxylic acid groups (broad SMARTS) is 1. The van der Waals surface area contributed by atoms with Gasteiger partial charge in [0.2, 0.25) is 0 Å². The van der Waals surface area contributed by atoms with E-state index >= 15 is 0 Å². The molecule has 0 bridgehead atoms. The Balaban J connectivity index is 3.30. The highest BCUT2D eigenvalue weighted by Crippen LogP contribution is 2.28. The summed E-state index contributed by atoms with van der Waals surface area (Å²) >= 11 is 5.74. The first-order valence-corrected chi connectivity index (χ1v) is 4.58. The smallest absolute Gasteiger partial charge is 0.336 e. The summed E-state index contributed by atoms with van der Waals surface area (Å²) in [6.07, 6.45) is 0. The van der Waals surface area contributed by atoms with E-state index in [0.29, 0.717) is 0 Å². The van der Waals surface area contributed by atoms with Gasteiger partial charge in [-0.3, -0.25) is 4.79 Å². The summed E-state index contributed by atoms with van der Waals surface area (Å²) in [6.45, 7) is 1.26. The fourth-order valence-corrected chi connectivity index (χ4v) is 1.35. The third kappa shape index (κ3) is 2.47. The fourth-order valence-electron chi connectivity index (χ4n) is 1.17. The van der Waals surface area contributed by atoms with Crippen molar-refractivity contribution in [1.29, 1.82) is 0 Å². The molecule has 1 rings (SSSR count). The van der Waals surface area contributed by atoms with Gasteiger partial charge in [0.05, 0.1) is 5.56 Å². The van der Waals surface area contributed by atoms with E-state index in [1.54, 1.807) is 0 Å². The van der Waals surface area contributed by atoms with Gasteiger partial charge in [0.15, 0.2) is 5.78 Å². The number of halogens is 1. The molecular formula is C10H9ClO4. The minimum absolute atomic E-state index is 0.0806. The number of phenolic OH excluding ortho intramolecular Hbond substituents is 1. The number of aromatic carboxylic acids is 1. The van der Waals surface area contributed by atoms with Crippen LogP contribution >= 0.6 is 11.6 Å². The number of carbonyl (C=O) groups is 2. The zero-order valence-corrected chi connectivity index (χ0v) is 8.65. The van der Waals surface area contributed by atoms with Crippen molar-refractivity contribution in [2.45, 2.75) is 12.3 Å². The number of hydrogen-bond acceptors (Lipinski definition) is 3. The summed E-state index contributed by atoms with van der Waals surface area (Å²) in [5, 5.41) is 17.0. The molecule has 0 aliphatic carbocycles. The number of ketones is 1. The molecule has 0 radical (unpaired) electrons. The van der Waals surface area contributed by atoms with Gasteiger partial charge in [-0.25, -0.2) is 4.79 Å². The molecule has 2 N–H and O–H groups in total. The van der Waals surface area contributed by atoms with Crippen LogP contribution in [0, 0.1) is 0 Å². The number of aromatic hydroxyl groups is 1. The highest BCUT2D eigenvalue weighted by Gasteiger charge is 2.20. The molecule has 5 heteroatoms. The predicted octanol–water partition coefficient (Wildman–Crippen LogP) is 1.96. The average Bonchev–Trinajstić information content (AvgIpc) is 2.15. The Morgan fingerprint density at radius 1 is 1.40 bits per heavy atom. The maximum absolute atomic E-state index is 11.0. The van der Waals surface area contributed by atoms with Crippen LogP contribution in [0.1, 0.15) is 28.2 Å². The number of rotatable bonds is 3. The minimum atomic E-state index is -1.18. The average molecular weight is 229 g/mol.